The maximum atomic E-state index is 12.1. The maximum Gasteiger partial charge on any atom is 0.349 e. The minimum atomic E-state index is -0.776. The fourth-order valence-electron chi connectivity index (χ4n) is 2.60. The highest BCUT2D eigenvalue weighted by molar-refractivity contribution is 6.35. The first-order chi connectivity index (χ1) is 14.2. The average Bonchev–Trinajstić information content (AvgIpc) is 2.66. The molecule has 3 aromatic rings. The number of benzene rings is 2. The summed E-state index contributed by atoms with van der Waals surface area (Å²) in [4.78, 5) is 36.3. The van der Waals surface area contributed by atoms with Crippen molar-refractivity contribution in [1.82, 2.24) is 5.32 Å². The Morgan fingerprint density at radius 1 is 1.10 bits per heavy atom. The van der Waals surface area contributed by atoms with Crippen LogP contribution in [0, 0.1) is 0 Å². The van der Waals surface area contributed by atoms with Crippen LogP contribution in [0.5, 0.6) is 5.75 Å². The van der Waals surface area contributed by atoms with Gasteiger partial charge in [0.25, 0.3) is 5.91 Å². The van der Waals surface area contributed by atoms with E-state index in [1.54, 1.807) is 38.1 Å². The maximum absolute atomic E-state index is 12.1. The highest BCUT2D eigenvalue weighted by Gasteiger charge is 2.15. The third-order valence-electron chi connectivity index (χ3n) is 3.95. The van der Waals surface area contributed by atoms with Crippen LogP contribution in [0.3, 0.4) is 0 Å². The highest BCUT2D eigenvalue weighted by atomic mass is 35.5. The van der Waals surface area contributed by atoms with E-state index in [1.165, 1.54) is 30.4 Å². The minimum Gasteiger partial charge on any atom is -0.423 e. The number of carbonyl (C=O) groups is 2. The molecular formula is C22H17Cl2NO5. The number of amides is 1. The second-order valence-corrected chi connectivity index (χ2v) is 7.54. The number of hydrogen-bond acceptors (Lipinski definition) is 5. The second-order valence-electron chi connectivity index (χ2n) is 6.70. The number of fused-ring (bicyclic) bond motifs is 1. The lowest BCUT2D eigenvalue weighted by Gasteiger charge is -2.08. The Balaban J connectivity index is 1.78. The molecule has 6 nitrogen and oxygen atoms in total. The molecule has 1 heterocycles. The lowest BCUT2D eigenvalue weighted by atomic mass is 10.1. The fraction of sp³-hybridized carbons (Fsp3) is 0.136. The molecule has 0 spiro atoms. The second kappa shape index (κ2) is 9.15. The molecule has 0 bridgehead atoms. The number of carbonyl (C=O) groups excluding carboxylic acids is 2. The Hall–Kier alpha value is -3.09. The quantitative estimate of drug-likeness (QED) is 0.262. The number of nitrogens with one attached hydrogen (secondary N) is 1. The SMILES string of the molecule is CC(C)NC(=O)c1cc2ccc(OC(=O)/C=C/c3ccc(Cl)cc3Cl)cc2oc1=O. The largest absolute Gasteiger partial charge is 0.423 e. The fourth-order valence-corrected chi connectivity index (χ4v) is 3.07. The molecule has 0 aliphatic carbocycles. The number of esters is 1. The van der Waals surface area contributed by atoms with E-state index >= 15 is 0 Å². The topological polar surface area (TPSA) is 85.6 Å². The van der Waals surface area contributed by atoms with Crippen molar-refractivity contribution in [3.8, 4) is 5.75 Å². The molecule has 30 heavy (non-hydrogen) atoms. The number of ether oxygens (including phenoxy) is 1. The zero-order chi connectivity index (χ0) is 21.8. The van der Waals surface area contributed by atoms with Crippen molar-refractivity contribution in [1.29, 1.82) is 0 Å². The van der Waals surface area contributed by atoms with Gasteiger partial charge in [0.05, 0.1) is 0 Å². The van der Waals surface area contributed by atoms with Gasteiger partial charge in [-0.25, -0.2) is 9.59 Å². The number of hydrogen-bond donors (Lipinski definition) is 1. The molecule has 2 aromatic carbocycles. The van der Waals surface area contributed by atoms with Crippen LogP contribution in [0.15, 0.2) is 57.8 Å². The zero-order valence-corrected chi connectivity index (χ0v) is 17.6. The summed E-state index contributed by atoms with van der Waals surface area (Å²) in [6.07, 6.45) is 2.72. The Bertz CT molecular complexity index is 1210. The van der Waals surface area contributed by atoms with Gasteiger partial charge in [-0.3, -0.25) is 4.79 Å². The van der Waals surface area contributed by atoms with Crippen molar-refractivity contribution in [2.45, 2.75) is 19.9 Å². The van der Waals surface area contributed by atoms with Gasteiger partial charge in [0.2, 0.25) is 0 Å². The van der Waals surface area contributed by atoms with Crippen molar-refractivity contribution in [2.24, 2.45) is 0 Å². The van der Waals surface area contributed by atoms with Crippen LogP contribution in [0.2, 0.25) is 10.0 Å². The van der Waals surface area contributed by atoms with Gasteiger partial charge >= 0.3 is 11.6 Å². The van der Waals surface area contributed by atoms with Gasteiger partial charge in [-0.1, -0.05) is 29.3 Å². The Morgan fingerprint density at radius 2 is 1.87 bits per heavy atom. The molecule has 3 rings (SSSR count). The van der Waals surface area contributed by atoms with Crippen LogP contribution in [0.25, 0.3) is 17.0 Å². The molecule has 0 radical (unpaired) electrons. The molecule has 0 fully saturated rings. The van der Waals surface area contributed by atoms with Gasteiger partial charge in [-0.15, -0.1) is 0 Å². The summed E-state index contributed by atoms with van der Waals surface area (Å²) in [7, 11) is 0. The van der Waals surface area contributed by atoms with E-state index in [2.05, 4.69) is 5.32 Å². The van der Waals surface area contributed by atoms with E-state index in [0.29, 0.717) is 21.0 Å². The van der Waals surface area contributed by atoms with E-state index in [-0.39, 0.29) is 22.9 Å². The van der Waals surface area contributed by atoms with Crippen molar-refractivity contribution >= 4 is 52.1 Å². The molecule has 1 aromatic heterocycles. The van der Waals surface area contributed by atoms with Crippen molar-refractivity contribution in [3.63, 3.8) is 0 Å². The molecule has 0 aliphatic heterocycles. The van der Waals surface area contributed by atoms with Crippen LogP contribution in [-0.4, -0.2) is 17.9 Å². The van der Waals surface area contributed by atoms with E-state index in [4.69, 9.17) is 32.4 Å². The normalized spacial score (nSPS) is 11.2. The summed E-state index contributed by atoms with van der Waals surface area (Å²) in [5.41, 5.74) is -0.0732. The van der Waals surface area contributed by atoms with E-state index in [9.17, 15) is 14.4 Å². The Labute approximate surface area is 182 Å². The smallest absolute Gasteiger partial charge is 0.349 e. The summed E-state index contributed by atoms with van der Waals surface area (Å²) < 4.78 is 10.5. The summed E-state index contributed by atoms with van der Waals surface area (Å²) in [6.45, 7) is 3.58. The van der Waals surface area contributed by atoms with Crippen molar-refractivity contribution < 1.29 is 18.7 Å². The summed E-state index contributed by atoms with van der Waals surface area (Å²) in [5, 5.41) is 4.05. The Kier molecular flexibility index (Phi) is 6.59. The number of rotatable bonds is 5. The molecule has 0 saturated heterocycles. The predicted molar refractivity (Wildman–Crippen MR) is 116 cm³/mol. The van der Waals surface area contributed by atoms with Crippen LogP contribution in [-0.2, 0) is 4.79 Å². The summed E-state index contributed by atoms with van der Waals surface area (Å²) >= 11 is 11.9. The third kappa shape index (κ3) is 5.28. The van der Waals surface area contributed by atoms with Crippen LogP contribution < -0.4 is 15.7 Å². The van der Waals surface area contributed by atoms with Crippen LogP contribution in [0.4, 0.5) is 0 Å². The van der Waals surface area contributed by atoms with E-state index in [1.807, 2.05) is 0 Å². The third-order valence-corrected chi connectivity index (χ3v) is 4.51. The average molecular weight is 446 g/mol. The highest BCUT2D eigenvalue weighted by Crippen LogP contribution is 2.23. The molecule has 1 amide bonds. The summed E-state index contributed by atoms with van der Waals surface area (Å²) in [6, 6.07) is 10.7. The molecule has 0 aliphatic rings. The first kappa shape index (κ1) is 21.6. The van der Waals surface area contributed by atoms with E-state index < -0.39 is 17.5 Å². The standard InChI is InChI=1S/C22H17Cl2NO5/c1-12(2)25-21(27)17-9-14-4-7-16(11-19(14)30-22(17)28)29-20(26)8-5-13-3-6-15(23)10-18(13)24/h3-12H,1-2H3,(H,25,27)/b8-5+. The zero-order valence-electron chi connectivity index (χ0n) is 16.1. The van der Waals surface area contributed by atoms with Gasteiger partial charge in [-0.2, -0.15) is 0 Å². The lowest BCUT2D eigenvalue weighted by Crippen LogP contribution is -2.33. The van der Waals surface area contributed by atoms with Gasteiger partial charge in [0.1, 0.15) is 16.9 Å². The molecule has 154 valence electrons. The van der Waals surface area contributed by atoms with Gasteiger partial charge < -0.3 is 14.5 Å². The molecule has 0 unspecified atom stereocenters. The van der Waals surface area contributed by atoms with Gasteiger partial charge in [0, 0.05) is 33.6 Å². The van der Waals surface area contributed by atoms with Crippen LogP contribution >= 0.6 is 23.2 Å². The number of halogens is 2. The van der Waals surface area contributed by atoms with Crippen molar-refractivity contribution in [2.75, 3.05) is 0 Å². The van der Waals surface area contributed by atoms with E-state index in [0.717, 1.165) is 0 Å². The first-order valence-corrected chi connectivity index (χ1v) is 9.72. The molecule has 1 N–H and O–H groups in total. The minimum absolute atomic E-state index is 0.0938. The Morgan fingerprint density at radius 3 is 2.57 bits per heavy atom. The van der Waals surface area contributed by atoms with Gasteiger partial charge in [-0.05, 0) is 55.8 Å². The molecular weight excluding hydrogens is 429 g/mol. The molecule has 0 atom stereocenters. The predicted octanol–water partition coefficient (Wildman–Crippen LogP) is 4.86. The molecule has 8 heteroatoms. The van der Waals surface area contributed by atoms with Gasteiger partial charge in [0.15, 0.2) is 0 Å². The molecule has 0 saturated carbocycles. The van der Waals surface area contributed by atoms with Crippen molar-refractivity contribution in [3.05, 3.63) is 80.1 Å². The monoisotopic (exact) mass is 445 g/mol. The first-order valence-electron chi connectivity index (χ1n) is 8.96. The summed E-state index contributed by atoms with van der Waals surface area (Å²) in [5.74, 6) is -0.973. The van der Waals surface area contributed by atoms with Crippen LogP contribution in [0.1, 0.15) is 29.8 Å². The lowest BCUT2D eigenvalue weighted by molar-refractivity contribution is -0.128.